The van der Waals surface area contributed by atoms with Crippen molar-refractivity contribution < 1.29 is 14.3 Å². The van der Waals surface area contributed by atoms with Crippen molar-refractivity contribution in [2.45, 2.75) is 33.6 Å². The predicted octanol–water partition coefficient (Wildman–Crippen LogP) is 2.11. The molecule has 80 valence electrons. The molecule has 0 rings (SSSR count). The minimum atomic E-state index is -0.333. The summed E-state index contributed by atoms with van der Waals surface area (Å²) in [4.78, 5) is 22.3. The number of methoxy groups -OCH3 is 1. The molecule has 3 heteroatoms. The van der Waals surface area contributed by atoms with Crippen molar-refractivity contribution in [1.82, 2.24) is 0 Å². The van der Waals surface area contributed by atoms with Crippen LogP contribution < -0.4 is 0 Å². The van der Waals surface area contributed by atoms with E-state index < -0.39 is 0 Å². The lowest BCUT2D eigenvalue weighted by atomic mass is 9.97. The summed E-state index contributed by atoms with van der Waals surface area (Å²) in [6, 6.07) is 0. The van der Waals surface area contributed by atoms with Crippen LogP contribution in [0.25, 0.3) is 0 Å². The van der Waals surface area contributed by atoms with Crippen molar-refractivity contribution in [3.8, 4) is 0 Å². The first-order valence-electron chi connectivity index (χ1n) is 4.80. The fraction of sp³-hybridized carbons (Fsp3) is 0.636. The Morgan fingerprint density at radius 1 is 1.43 bits per heavy atom. The molecule has 1 atom stereocenters. The van der Waals surface area contributed by atoms with Crippen LogP contribution >= 0.6 is 0 Å². The molecule has 3 nitrogen and oxygen atoms in total. The molecule has 0 aliphatic rings. The standard InChI is InChI=1S/C11H18O3/c1-5-6-10(11(13)14-4)7-8(2)9(3)12/h6,8H,5,7H2,1-4H3/b10-6-. The number of esters is 1. The van der Waals surface area contributed by atoms with Gasteiger partial charge in [-0.25, -0.2) is 4.79 Å². The normalized spacial score (nSPS) is 13.6. The van der Waals surface area contributed by atoms with Crippen LogP contribution in [-0.4, -0.2) is 18.9 Å². The Morgan fingerprint density at radius 2 is 2.00 bits per heavy atom. The molecule has 14 heavy (non-hydrogen) atoms. The number of allylic oxidation sites excluding steroid dienone is 1. The lowest BCUT2D eigenvalue weighted by Crippen LogP contribution is -2.13. The Bertz CT molecular complexity index is 241. The number of ketones is 1. The van der Waals surface area contributed by atoms with Gasteiger partial charge >= 0.3 is 5.97 Å². The van der Waals surface area contributed by atoms with Gasteiger partial charge in [0.2, 0.25) is 0 Å². The fourth-order valence-electron chi connectivity index (χ4n) is 1.10. The maximum atomic E-state index is 11.3. The zero-order valence-corrected chi connectivity index (χ0v) is 9.29. The Labute approximate surface area is 85.1 Å². The second kappa shape index (κ2) is 6.35. The number of Topliss-reactive ketones (excluding diaryl/α,β-unsaturated/α-hetero) is 1. The third-order valence-corrected chi connectivity index (χ3v) is 2.12. The summed E-state index contributed by atoms with van der Waals surface area (Å²) >= 11 is 0. The summed E-state index contributed by atoms with van der Waals surface area (Å²) < 4.78 is 4.63. The van der Waals surface area contributed by atoms with Gasteiger partial charge in [0.25, 0.3) is 0 Å². The van der Waals surface area contributed by atoms with Gasteiger partial charge in [0, 0.05) is 11.5 Å². The minimum Gasteiger partial charge on any atom is -0.466 e. The molecule has 0 aliphatic carbocycles. The molecule has 0 spiro atoms. The predicted molar refractivity (Wildman–Crippen MR) is 54.9 cm³/mol. The smallest absolute Gasteiger partial charge is 0.333 e. The van der Waals surface area contributed by atoms with Crippen LogP contribution in [0.1, 0.15) is 33.6 Å². The lowest BCUT2D eigenvalue weighted by molar-refractivity contribution is -0.136. The van der Waals surface area contributed by atoms with Crippen molar-refractivity contribution in [1.29, 1.82) is 0 Å². The first-order chi connectivity index (χ1) is 6.52. The van der Waals surface area contributed by atoms with Crippen LogP contribution in [0.2, 0.25) is 0 Å². The molecule has 0 aromatic heterocycles. The first kappa shape index (κ1) is 12.9. The molecule has 0 radical (unpaired) electrons. The average molecular weight is 198 g/mol. The van der Waals surface area contributed by atoms with Gasteiger partial charge in [-0.1, -0.05) is 19.9 Å². The van der Waals surface area contributed by atoms with E-state index in [2.05, 4.69) is 4.74 Å². The van der Waals surface area contributed by atoms with Gasteiger partial charge in [0.05, 0.1) is 7.11 Å². The van der Waals surface area contributed by atoms with E-state index in [4.69, 9.17) is 0 Å². The minimum absolute atomic E-state index is 0.0934. The van der Waals surface area contributed by atoms with Gasteiger partial charge in [-0.15, -0.1) is 0 Å². The molecule has 1 unspecified atom stereocenters. The largest absolute Gasteiger partial charge is 0.466 e. The molecule has 0 fully saturated rings. The number of hydrogen-bond donors (Lipinski definition) is 0. The molecule has 0 aromatic rings. The summed E-state index contributed by atoms with van der Waals surface area (Å²) in [5, 5.41) is 0. The SMILES string of the molecule is CC/C=C(/CC(C)C(C)=O)C(=O)OC. The maximum absolute atomic E-state index is 11.3. The molecule has 0 saturated carbocycles. The van der Waals surface area contributed by atoms with Gasteiger partial charge < -0.3 is 4.74 Å². The summed E-state index contributed by atoms with van der Waals surface area (Å²) in [6.07, 6.45) is 3.05. The van der Waals surface area contributed by atoms with Crippen molar-refractivity contribution in [2.75, 3.05) is 7.11 Å². The number of hydrogen-bond acceptors (Lipinski definition) is 3. The second-order valence-corrected chi connectivity index (χ2v) is 3.35. The number of carbonyl (C=O) groups is 2. The summed E-state index contributed by atoms with van der Waals surface area (Å²) in [5.74, 6) is -0.359. The van der Waals surface area contributed by atoms with Gasteiger partial charge in [0.1, 0.15) is 5.78 Å². The molecular formula is C11H18O3. The zero-order chi connectivity index (χ0) is 11.1. The molecule has 0 bridgehead atoms. The topological polar surface area (TPSA) is 43.4 Å². The van der Waals surface area contributed by atoms with Crippen LogP contribution in [0.3, 0.4) is 0 Å². The van der Waals surface area contributed by atoms with Crippen LogP contribution in [0.15, 0.2) is 11.6 Å². The Balaban J connectivity index is 4.46. The van der Waals surface area contributed by atoms with Gasteiger partial charge in [0.15, 0.2) is 0 Å². The van der Waals surface area contributed by atoms with Gasteiger partial charge in [-0.05, 0) is 19.8 Å². The molecule has 0 N–H and O–H groups in total. The first-order valence-corrected chi connectivity index (χ1v) is 4.80. The van der Waals surface area contributed by atoms with Crippen molar-refractivity contribution >= 4 is 11.8 Å². The van der Waals surface area contributed by atoms with Crippen molar-refractivity contribution in [3.05, 3.63) is 11.6 Å². The van der Waals surface area contributed by atoms with E-state index in [-0.39, 0.29) is 17.7 Å². The highest BCUT2D eigenvalue weighted by atomic mass is 16.5. The zero-order valence-electron chi connectivity index (χ0n) is 9.29. The van der Waals surface area contributed by atoms with Gasteiger partial charge in [-0.3, -0.25) is 4.79 Å². The van der Waals surface area contributed by atoms with Crippen molar-refractivity contribution in [2.24, 2.45) is 5.92 Å². The summed E-state index contributed by atoms with van der Waals surface area (Å²) in [7, 11) is 1.35. The van der Waals surface area contributed by atoms with Crippen LogP contribution in [0.4, 0.5) is 0 Å². The van der Waals surface area contributed by atoms with E-state index in [1.54, 1.807) is 0 Å². The Morgan fingerprint density at radius 3 is 2.36 bits per heavy atom. The Kier molecular flexibility index (Phi) is 5.84. The van der Waals surface area contributed by atoms with Crippen LogP contribution in [0.5, 0.6) is 0 Å². The highest BCUT2D eigenvalue weighted by Crippen LogP contribution is 2.14. The van der Waals surface area contributed by atoms with E-state index in [9.17, 15) is 9.59 Å². The summed E-state index contributed by atoms with van der Waals surface area (Å²) in [6.45, 7) is 5.29. The fourth-order valence-corrected chi connectivity index (χ4v) is 1.10. The number of rotatable bonds is 5. The molecule has 0 aliphatic heterocycles. The highest BCUT2D eigenvalue weighted by molar-refractivity contribution is 5.89. The monoisotopic (exact) mass is 198 g/mol. The molecule has 0 heterocycles. The molecule has 0 aromatic carbocycles. The average Bonchev–Trinajstić information content (AvgIpc) is 2.15. The third kappa shape index (κ3) is 4.21. The summed E-state index contributed by atoms with van der Waals surface area (Å²) in [5.41, 5.74) is 0.595. The van der Waals surface area contributed by atoms with E-state index in [1.807, 2.05) is 19.9 Å². The molecule has 0 amide bonds. The van der Waals surface area contributed by atoms with Crippen LogP contribution in [0, 0.1) is 5.92 Å². The Hall–Kier alpha value is -1.12. The lowest BCUT2D eigenvalue weighted by Gasteiger charge is -2.09. The quantitative estimate of drug-likeness (QED) is 0.502. The van der Waals surface area contributed by atoms with Gasteiger partial charge in [-0.2, -0.15) is 0 Å². The molecular weight excluding hydrogens is 180 g/mol. The molecule has 0 saturated heterocycles. The maximum Gasteiger partial charge on any atom is 0.333 e. The van der Waals surface area contributed by atoms with E-state index in [0.29, 0.717) is 12.0 Å². The van der Waals surface area contributed by atoms with Crippen molar-refractivity contribution in [3.63, 3.8) is 0 Å². The number of ether oxygens (including phenoxy) is 1. The third-order valence-electron chi connectivity index (χ3n) is 2.12. The highest BCUT2D eigenvalue weighted by Gasteiger charge is 2.15. The van der Waals surface area contributed by atoms with E-state index in [0.717, 1.165) is 6.42 Å². The van der Waals surface area contributed by atoms with E-state index >= 15 is 0 Å². The van der Waals surface area contributed by atoms with Crippen LogP contribution in [-0.2, 0) is 14.3 Å². The number of carbonyl (C=O) groups excluding carboxylic acids is 2. The van der Waals surface area contributed by atoms with E-state index in [1.165, 1.54) is 14.0 Å². The second-order valence-electron chi connectivity index (χ2n) is 3.35.